The van der Waals surface area contributed by atoms with Crippen LogP contribution in [0.4, 0.5) is 105 Å². The second-order valence-corrected chi connectivity index (χ2v) is 29.2. The van der Waals surface area contributed by atoms with Crippen molar-refractivity contribution in [2.24, 2.45) is 4.99 Å². The summed E-state index contributed by atoms with van der Waals surface area (Å²) in [7, 11) is -0.606. The van der Waals surface area contributed by atoms with Crippen molar-refractivity contribution >= 4 is 42.0 Å². The van der Waals surface area contributed by atoms with Crippen molar-refractivity contribution in [2.45, 2.75) is 188 Å². The first-order valence-corrected chi connectivity index (χ1v) is 35.4. The maximum atomic E-state index is 14.2. The molecule has 7 aromatic carbocycles. The Morgan fingerprint density at radius 3 is 0.869 bits per heavy atom. The van der Waals surface area contributed by atoms with E-state index >= 15 is 0 Å². The van der Waals surface area contributed by atoms with Gasteiger partial charge in [0.2, 0.25) is 5.90 Å². The van der Waals surface area contributed by atoms with Crippen LogP contribution in [-0.2, 0) is 91.6 Å². The van der Waals surface area contributed by atoms with Gasteiger partial charge in [-0.1, -0.05) is 166 Å². The van der Waals surface area contributed by atoms with Gasteiger partial charge < -0.3 is 9.26 Å². The smallest absolute Gasteiger partial charge is 0.416 e. The maximum Gasteiger partial charge on any atom is 0.416 e. The molecule has 4 aliphatic rings. The Morgan fingerprint density at radius 1 is 0.364 bits per heavy atom. The molecule has 3 fully saturated rings. The minimum Gasteiger partial charge on any atom is -0.472 e. The Bertz CT molecular complexity index is 3530. The third kappa shape index (κ3) is 22.2. The van der Waals surface area contributed by atoms with Gasteiger partial charge in [-0.25, -0.2) is 4.99 Å². The summed E-state index contributed by atoms with van der Waals surface area (Å²) in [4.78, 5) is 5.43. The molecule has 11 rings (SSSR count). The van der Waals surface area contributed by atoms with Crippen molar-refractivity contribution in [1.29, 1.82) is 0 Å². The van der Waals surface area contributed by atoms with E-state index < -0.39 is 208 Å². The fourth-order valence-corrected chi connectivity index (χ4v) is 17.6. The van der Waals surface area contributed by atoms with E-state index in [1.807, 2.05) is 0 Å². The zero-order valence-corrected chi connectivity index (χ0v) is 60.0. The molecule has 0 saturated heterocycles. The van der Waals surface area contributed by atoms with E-state index in [1.54, 1.807) is 0 Å². The van der Waals surface area contributed by atoms with Crippen LogP contribution in [-0.4, -0.2) is 41.1 Å². The molecule has 2 atom stereocenters. The van der Waals surface area contributed by atoms with Gasteiger partial charge in [-0.2, -0.15) is 127 Å². The Hall–Kier alpha value is -6.57. The second kappa shape index (κ2) is 34.8. The molecule has 3 saturated carbocycles. The van der Waals surface area contributed by atoms with E-state index in [4.69, 9.17) is 14.3 Å². The molecule has 3 nitrogen and oxygen atoms in total. The first-order chi connectivity index (χ1) is 49.5. The number of halogens is 24. The fraction of sp³-hybridized carbons (Fsp3) is 0.390. The molecule has 0 unspecified atom stereocenters. The van der Waals surface area contributed by atoms with Gasteiger partial charge in [-0.15, -0.1) is 0 Å². The van der Waals surface area contributed by atoms with Gasteiger partial charge in [-0.3, -0.25) is 0 Å². The van der Waals surface area contributed by atoms with Crippen LogP contribution in [0.2, 0.25) is 0 Å². The first kappa shape index (κ1) is 86.0. The molecule has 3 aliphatic carbocycles. The number of aliphatic imine (C=N–C) groups is 1. The van der Waals surface area contributed by atoms with Crippen LogP contribution < -0.4 is 21.9 Å². The number of alkyl halides is 24. The van der Waals surface area contributed by atoms with Crippen LogP contribution in [0.15, 0.2) is 169 Å². The van der Waals surface area contributed by atoms with E-state index in [0.717, 1.165) is 24.3 Å². The number of hydrogen-bond acceptors (Lipinski definition) is 3. The Balaban J connectivity index is 0.000000251. The molecule has 0 spiro atoms. The second-order valence-electron chi connectivity index (χ2n) is 26.8. The summed E-state index contributed by atoms with van der Waals surface area (Å²) >= 11 is 0. The zero-order valence-electron chi connectivity index (χ0n) is 56.7. The van der Waals surface area contributed by atoms with E-state index in [9.17, 15) is 105 Å². The van der Waals surface area contributed by atoms with Gasteiger partial charge >= 0.3 is 49.4 Å². The van der Waals surface area contributed by atoms with Crippen molar-refractivity contribution in [3.8, 4) is 0 Å². The van der Waals surface area contributed by atoms with Gasteiger partial charge in [-0.05, 0) is 131 Å². The topological polar surface area (TPSA) is 30.8 Å². The van der Waals surface area contributed by atoms with Crippen molar-refractivity contribution in [1.82, 2.24) is 0 Å². The number of rotatable bonds is 14. The van der Waals surface area contributed by atoms with Gasteiger partial charge in [0.15, 0.2) is 0 Å². The molecule has 0 amide bonds. The Kier molecular flexibility index (Phi) is 28.0. The minimum absolute atomic E-state index is 0. The van der Waals surface area contributed by atoms with Crippen LogP contribution in [0.1, 0.15) is 158 Å². The minimum atomic E-state index is -6.13. The van der Waals surface area contributed by atoms with Crippen LogP contribution in [0.5, 0.6) is 0 Å². The zero-order chi connectivity index (χ0) is 77.5. The summed E-state index contributed by atoms with van der Waals surface area (Å²) in [6.45, 7) is 2.21. The van der Waals surface area contributed by atoms with Crippen LogP contribution in [0.3, 0.4) is 0 Å². The first-order valence-electron chi connectivity index (χ1n) is 34.0. The van der Waals surface area contributed by atoms with E-state index in [0.29, 0.717) is 11.3 Å². The van der Waals surface area contributed by atoms with Crippen LogP contribution in [0, 0.1) is 25.7 Å². The molecule has 0 bridgehead atoms. The van der Waals surface area contributed by atoms with Crippen molar-refractivity contribution in [2.75, 3.05) is 0 Å². The van der Waals surface area contributed by atoms with Gasteiger partial charge in [0.1, 0.15) is 23.9 Å². The molecule has 581 valence electrons. The standard InChI is InChI=1S/C37H46NO2P.C32H12BF24.C8H12.Ir/c1-29-35(38-36(39-29)32-21-11-4-12-22-32)37(27-30-17-7-2-8-18-30,28-31-19-9-3-10-20-31)40-41(33-23-13-5-14-24-33)34-25-15-6-16-26-34;34-25(35,36)13-1-14(26(37,38)39)6-21(5-13)33(22-7-15(27(40,41)42)2-16(8-22)28(43,44)45,23-9-17(29(46,47)48)3-18(10-23)30(49,50)51)24-11-19(31(52,53)54)4-20(12-24)32(55,56)57;1-2-4-6-8-7-5-3-1;/h2-4,7-12,17-22,29,33-35H,5-6,13-16,23-28H2,1H3;1-12H;1-2,7-8H,3-6H2;/q;-1;;/t29-,35-;;;/m0.../s1. The quantitative estimate of drug-likeness (QED) is 0.0617. The average Bonchev–Trinajstić information content (AvgIpc) is 1.16. The summed E-state index contributed by atoms with van der Waals surface area (Å²) < 4.78 is 355. The predicted molar refractivity (Wildman–Crippen MR) is 358 cm³/mol. The van der Waals surface area contributed by atoms with E-state index in [1.165, 1.54) is 101 Å². The molecule has 30 heteroatoms. The summed E-state index contributed by atoms with van der Waals surface area (Å²) in [5.41, 5.74) is -25.6. The van der Waals surface area contributed by atoms with E-state index in [-0.39, 0.29) is 32.3 Å². The fourth-order valence-electron chi connectivity index (χ4n) is 14.3. The SMILES string of the molecule is C[C@@H]1OC(c2ccccc2)=N[C@@H]1C(Cc1ccccc1)(Cc1ccccc1)OP(C1CCCCC1)C1CCCCC1.FC(F)(F)c1cc([B-](c2cc(C(F)(F)F)cc(C(F)(F)F)c2)(c2cc(C(F)(F)F)cc(C(F)(F)F)c2)c2cc(C(F)(F)F)cc(C(F)(F)F)c2)cc(C(F)(F)F)c1.[CH]1[CH]CC[CH][CH]CC1.[Ir]. The normalized spacial score (nSPS) is 18.0. The third-order valence-electron chi connectivity index (χ3n) is 19.2. The molecule has 1 heterocycles. The summed E-state index contributed by atoms with van der Waals surface area (Å²) in [6.07, 6.45) is -25.7. The molecule has 0 aromatic heterocycles. The van der Waals surface area contributed by atoms with Gasteiger partial charge in [0.25, 0.3) is 0 Å². The van der Waals surface area contributed by atoms with Crippen molar-refractivity contribution in [3.63, 3.8) is 0 Å². The number of ether oxygens (including phenoxy) is 1. The molecule has 107 heavy (non-hydrogen) atoms. The summed E-state index contributed by atoms with van der Waals surface area (Å²) in [5.74, 6) is 0.761. The summed E-state index contributed by atoms with van der Waals surface area (Å²) in [5, 5.41) is 0. The molecule has 0 N–H and O–H groups in total. The van der Waals surface area contributed by atoms with Crippen LogP contribution >= 0.6 is 8.15 Å². The molecule has 5 radical (unpaired) electrons. The van der Waals surface area contributed by atoms with Gasteiger partial charge in [0.05, 0.1) is 44.5 Å². The van der Waals surface area contributed by atoms with Gasteiger partial charge in [0, 0.05) is 58.0 Å². The number of nitrogens with zero attached hydrogens (tertiary/aromatic N) is 1. The van der Waals surface area contributed by atoms with Crippen LogP contribution in [0.25, 0.3) is 0 Å². The number of benzene rings is 7. The predicted octanol–water partition coefficient (Wildman–Crippen LogP) is 23.1. The van der Waals surface area contributed by atoms with E-state index in [2.05, 4.69) is 124 Å². The molecular weight excluding hydrogens is 1660 g/mol. The van der Waals surface area contributed by atoms with Crippen molar-refractivity contribution in [3.05, 3.63) is 251 Å². The molecular formula is C77H70BF24IrNO2P-. The summed E-state index contributed by atoms with van der Waals surface area (Å²) in [6, 6.07) is 23.5. The van der Waals surface area contributed by atoms with Crippen molar-refractivity contribution < 1.29 is 135 Å². The monoisotopic (exact) mass is 1730 g/mol. The largest absolute Gasteiger partial charge is 0.472 e. The maximum absolute atomic E-state index is 14.2. The Morgan fingerprint density at radius 2 is 0.617 bits per heavy atom. The Labute approximate surface area is 617 Å². The third-order valence-corrected chi connectivity index (χ3v) is 22.2. The molecule has 1 aliphatic heterocycles. The molecule has 7 aromatic rings. The number of hydrogen-bond donors (Lipinski definition) is 0. The average molecular weight is 1730 g/mol.